The maximum atomic E-state index is 12.7. The quantitative estimate of drug-likeness (QED) is 0.485. The van der Waals surface area contributed by atoms with E-state index in [9.17, 15) is 14.9 Å². The molecule has 1 aromatic heterocycles. The molecule has 0 unspecified atom stereocenters. The topological polar surface area (TPSA) is 119 Å². The van der Waals surface area contributed by atoms with Gasteiger partial charge in [-0.3, -0.25) is 9.59 Å². The van der Waals surface area contributed by atoms with Crippen molar-refractivity contribution in [3.63, 3.8) is 0 Å². The minimum atomic E-state index is -0.664. The number of nitrogens with zero attached hydrogens (tertiary/aromatic N) is 4. The van der Waals surface area contributed by atoms with Crippen molar-refractivity contribution >= 4 is 12.1 Å². The minimum absolute atomic E-state index is 0.0844. The number of ether oxygens (including phenoxy) is 2. The molecule has 1 N–H and O–H groups in total. The SMILES string of the molecule is COc1ccc(/C=N/NC(=O)c2nn(-c3ccccc3)c(=O)c(C#N)c2C)c(OC)c1. The van der Waals surface area contributed by atoms with E-state index in [0.29, 0.717) is 22.7 Å². The molecule has 0 fully saturated rings. The number of hydrogen-bond donors (Lipinski definition) is 1. The molecule has 0 radical (unpaired) electrons. The number of hydrazone groups is 1. The number of carbonyl (C=O) groups excluding carboxylic acids is 1. The van der Waals surface area contributed by atoms with Crippen molar-refractivity contribution in [2.75, 3.05) is 14.2 Å². The first kappa shape index (κ1) is 21.3. The number of benzene rings is 2. The number of aromatic nitrogens is 2. The van der Waals surface area contributed by atoms with Crippen LogP contribution in [0.2, 0.25) is 0 Å². The van der Waals surface area contributed by atoms with Crippen molar-refractivity contribution in [2.24, 2.45) is 5.10 Å². The van der Waals surface area contributed by atoms with Crippen LogP contribution in [-0.4, -0.2) is 36.1 Å². The van der Waals surface area contributed by atoms with Crippen molar-refractivity contribution in [1.82, 2.24) is 15.2 Å². The molecule has 0 aliphatic carbocycles. The zero-order chi connectivity index (χ0) is 22.4. The van der Waals surface area contributed by atoms with E-state index in [-0.39, 0.29) is 16.8 Å². The first-order valence-corrected chi connectivity index (χ1v) is 9.15. The highest BCUT2D eigenvalue weighted by molar-refractivity contribution is 5.95. The molecule has 0 aliphatic rings. The van der Waals surface area contributed by atoms with Crippen molar-refractivity contribution < 1.29 is 14.3 Å². The molecule has 0 spiro atoms. The monoisotopic (exact) mass is 417 g/mol. The molecule has 0 bridgehead atoms. The van der Waals surface area contributed by atoms with Crippen molar-refractivity contribution in [3.05, 3.63) is 81.3 Å². The highest BCUT2D eigenvalue weighted by Gasteiger charge is 2.20. The second kappa shape index (κ2) is 9.37. The van der Waals surface area contributed by atoms with E-state index in [0.717, 1.165) is 4.68 Å². The Labute approximate surface area is 178 Å². The fraction of sp³-hybridized carbons (Fsp3) is 0.136. The summed E-state index contributed by atoms with van der Waals surface area (Å²) in [5.74, 6) is 0.462. The standard InChI is InChI=1S/C22H19N5O4/c1-14-18(12-23)22(29)27(16-7-5-4-6-8-16)26-20(14)21(28)25-24-13-15-9-10-17(30-2)11-19(15)31-3/h4-11,13H,1-3H3,(H,25,28)/b24-13+. The number of rotatable bonds is 6. The Hall–Kier alpha value is -4.45. The molecule has 0 saturated carbocycles. The third kappa shape index (κ3) is 4.43. The number of para-hydroxylation sites is 1. The number of methoxy groups -OCH3 is 2. The lowest BCUT2D eigenvalue weighted by molar-refractivity contribution is 0.0947. The second-order valence-corrected chi connectivity index (χ2v) is 6.32. The molecule has 9 heteroatoms. The zero-order valence-electron chi connectivity index (χ0n) is 17.1. The van der Waals surface area contributed by atoms with Crippen LogP contribution in [0, 0.1) is 18.3 Å². The average Bonchev–Trinajstić information content (AvgIpc) is 2.80. The van der Waals surface area contributed by atoms with Crippen LogP contribution in [0.4, 0.5) is 0 Å². The Morgan fingerprint density at radius 1 is 1.19 bits per heavy atom. The van der Waals surface area contributed by atoms with Crippen LogP contribution in [0.15, 0.2) is 58.4 Å². The molecule has 156 valence electrons. The number of nitrogens with one attached hydrogen (secondary N) is 1. The lowest BCUT2D eigenvalue weighted by atomic mass is 10.1. The van der Waals surface area contributed by atoms with Gasteiger partial charge >= 0.3 is 0 Å². The maximum absolute atomic E-state index is 12.7. The van der Waals surface area contributed by atoms with Crippen LogP contribution in [0.1, 0.15) is 27.2 Å². The van der Waals surface area contributed by atoms with E-state index in [1.165, 1.54) is 20.2 Å². The lowest BCUT2D eigenvalue weighted by Crippen LogP contribution is -2.31. The maximum Gasteiger partial charge on any atom is 0.292 e. The van der Waals surface area contributed by atoms with Gasteiger partial charge in [0, 0.05) is 17.2 Å². The predicted molar refractivity (Wildman–Crippen MR) is 114 cm³/mol. The molecular weight excluding hydrogens is 398 g/mol. The summed E-state index contributed by atoms with van der Waals surface area (Å²) < 4.78 is 11.5. The van der Waals surface area contributed by atoms with Crippen LogP contribution < -0.4 is 20.5 Å². The van der Waals surface area contributed by atoms with Crippen molar-refractivity contribution in [3.8, 4) is 23.3 Å². The molecule has 3 rings (SSSR count). The van der Waals surface area contributed by atoms with Gasteiger partial charge in [0.15, 0.2) is 5.69 Å². The van der Waals surface area contributed by atoms with E-state index in [1.54, 1.807) is 55.6 Å². The van der Waals surface area contributed by atoms with Gasteiger partial charge in [0.2, 0.25) is 0 Å². The van der Waals surface area contributed by atoms with Gasteiger partial charge in [-0.15, -0.1) is 0 Å². The smallest absolute Gasteiger partial charge is 0.292 e. The molecule has 31 heavy (non-hydrogen) atoms. The molecule has 0 saturated heterocycles. The lowest BCUT2D eigenvalue weighted by Gasteiger charge is -2.10. The molecular formula is C22H19N5O4. The number of carbonyl (C=O) groups is 1. The predicted octanol–water partition coefficient (Wildman–Crippen LogP) is 2.19. The van der Waals surface area contributed by atoms with Crippen LogP contribution in [0.25, 0.3) is 5.69 Å². The summed E-state index contributed by atoms with van der Waals surface area (Å²) in [5.41, 5.74) is 2.75. The normalized spacial score (nSPS) is 10.5. The Kier molecular flexibility index (Phi) is 6.42. The van der Waals surface area contributed by atoms with Crippen LogP contribution in [0.5, 0.6) is 11.5 Å². The summed E-state index contributed by atoms with van der Waals surface area (Å²) in [6.45, 7) is 1.49. The molecule has 9 nitrogen and oxygen atoms in total. The van der Waals surface area contributed by atoms with Gasteiger partial charge in [-0.25, -0.2) is 5.43 Å². The van der Waals surface area contributed by atoms with Gasteiger partial charge in [0.1, 0.15) is 23.1 Å². The number of hydrogen-bond acceptors (Lipinski definition) is 7. The molecule has 1 amide bonds. The zero-order valence-corrected chi connectivity index (χ0v) is 17.1. The Morgan fingerprint density at radius 3 is 2.58 bits per heavy atom. The van der Waals surface area contributed by atoms with Gasteiger partial charge < -0.3 is 9.47 Å². The van der Waals surface area contributed by atoms with Gasteiger partial charge in [-0.2, -0.15) is 20.1 Å². The van der Waals surface area contributed by atoms with Crippen LogP contribution in [0.3, 0.4) is 0 Å². The third-order valence-corrected chi connectivity index (χ3v) is 4.47. The number of nitriles is 1. The molecule has 0 atom stereocenters. The first-order chi connectivity index (χ1) is 15.0. The van der Waals surface area contributed by atoms with E-state index in [1.807, 2.05) is 6.07 Å². The van der Waals surface area contributed by atoms with E-state index < -0.39 is 11.5 Å². The third-order valence-electron chi connectivity index (χ3n) is 4.47. The minimum Gasteiger partial charge on any atom is -0.497 e. The summed E-state index contributed by atoms with van der Waals surface area (Å²) >= 11 is 0. The number of amides is 1. The van der Waals surface area contributed by atoms with Crippen LogP contribution in [-0.2, 0) is 0 Å². The summed E-state index contributed by atoms with van der Waals surface area (Å²) in [4.78, 5) is 25.3. The van der Waals surface area contributed by atoms with Gasteiger partial charge in [-0.1, -0.05) is 18.2 Å². The molecule has 1 heterocycles. The first-order valence-electron chi connectivity index (χ1n) is 9.15. The van der Waals surface area contributed by atoms with Crippen molar-refractivity contribution in [2.45, 2.75) is 6.92 Å². The van der Waals surface area contributed by atoms with Gasteiger partial charge in [0.25, 0.3) is 11.5 Å². The van der Waals surface area contributed by atoms with E-state index in [4.69, 9.17) is 9.47 Å². The van der Waals surface area contributed by atoms with E-state index in [2.05, 4.69) is 15.6 Å². The highest BCUT2D eigenvalue weighted by Crippen LogP contribution is 2.23. The Morgan fingerprint density at radius 2 is 1.94 bits per heavy atom. The molecule has 2 aromatic carbocycles. The summed E-state index contributed by atoms with van der Waals surface area (Å²) in [5, 5.41) is 17.5. The van der Waals surface area contributed by atoms with Gasteiger partial charge in [0.05, 0.1) is 26.1 Å². The highest BCUT2D eigenvalue weighted by atomic mass is 16.5. The summed E-state index contributed by atoms with van der Waals surface area (Å²) in [7, 11) is 3.05. The second-order valence-electron chi connectivity index (χ2n) is 6.32. The summed E-state index contributed by atoms with van der Waals surface area (Å²) in [6.07, 6.45) is 1.41. The van der Waals surface area contributed by atoms with Gasteiger partial charge in [-0.05, 0) is 31.2 Å². The van der Waals surface area contributed by atoms with Crippen molar-refractivity contribution in [1.29, 1.82) is 5.26 Å². The van der Waals surface area contributed by atoms with Crippen LogP contribution >= 0.6 is 0 Å². The van der Waals surface area contributed by atoms with E-state index >= 15 is 0 Å². The Balaban J connectivity index is 1.93. The molecule has 0 aliphatic heterocycles. The largest absolute Gasteiger partial charge is 0.497 e. The summed E-state index contributed by atoms with van der Waals surface area (Å²) in [6, 6.07) is 15.5. The average molecular weight is 417 g/mol. The fourth-order valence-electron chi connectivity index (χ4n) is 2.84. The molecule has 3 aromatic rings. The fourth-order valence-corrected chi connectivity index (χ4v) is 2.84. The Bertz CT molecular complexity index is 1240.